The molecule has 0 aromatic carbocycles. The molecule has 0 radical (unpaired) electrons. The number of hydrogen-bond acceptors (Lipinski definition) is 4. The highest BCUT2D eigenvalue weighted by Crippen LogP contribution is 2.25. The highest BCUT2D eigenvalue weighted by molar-refractivity contribution is 7.89. The van der Waals surface area contributed by atoms with Crippen molar-refractivity contribution in [2.75, 3.05) is 13.6 Å². The third-order valence-electron chi connectivity index (χ3n) is 2.96. The second-order valence-electron chi connectivity index (χ2n) is 4.60. The predicted octanol–water partition coefficient (Wildman–Crippen LogP) is 1.38. The van der Waals surface area contributed by atoms with E-state index in [9.17, 15) is 13.5 Å². The van der Waals surface area contributed by atoms with Gasteiger partial charge in [0.2, 0.25) is 0 Å². The lowest BCUT2D eigenvalue weighted by molar-refractivity contribution is 0.177. The molecule has 2 aromatic rings. The van der Waals surface area contributed by atoms with E-state index in [0.29, 0.717) is 12.1 Å². The maximum Gasteiger partial charge on any atom is 0.262 e. The zero-order valence-electron chi connectivity index (χ0n) is 11.2. The van der Waals surface area contributed by atoms with Crippen LogP contribution >= 0.6 is 11.6 Å². The first kappa shape index (κ1) is 15.2. The second-order valence-corrected chi connectivity index (χ2v) is 6.92. The van der Waals surface area contributed by atoms with Gasteiger partial charge in [-0.1, -0.05) is 17.7 Å². The van der Waals surface area contributed by atoms with Gasteiger partial charge in [-0.25, -0.2) is 13.4 Å². The zero-order valence-corrected chi connectivity index (χ0v) is 12.8. The van der Waals surface area contributed by atoms with Gasteiger partial charge in [0.15, 0.2) is 10.2 Å². The number of fused-ring (bicyclic) bond motifs is 1. The van der Waals surface area contributed by atoms with Crippen LogP contribution in [0.4, 0.5) is 0 Å². The SMILES string of the molecule is CC(O)CCN(C)S(=O)(=O)c1c(Cl)nc2ccccn12. The van der Waals surface area contributed by atoms with Crippen LogP contribution in [0.15, 0.2) is 29.4 Å². The van der Waals surface area contributed by atoms with Crippen LogP contribution in [-0.4, -0.2) is 46.9 Å². The molecule has 1 N–H and O–H groups in total. The fraction of sp³-hybridized carbons (Fsp3) is 0.417. The number of pyridine rings is 1. The summed E-state index contributed by atoms with van der Waals surface area (Å²) in [5.41, 5.74) is 0.472. The minimum atomic E-state index is -3.76. The molecule has 0 saturated heterocycles. The molecule has 1 atom stereocenters. The summed E-state index contributed by atoms with van der Waals surface area (Å²) in [4.78, 5) is 4.03. The topological polar surface area (TPSA) is 74.9 Å². The molecule has 0 fully saturated rings. The number of hydrogen-bond donors (Lipinski definition) is 1. The van der Waals surface area contributed by atoms with Gasteiger partial charge in [-0.05, 0) is 25.5 Å². The molecule has 0 spiro atoms. The predicted molar refractivity (Wildman–Crippen MR) is 76.3 cm³/mol. The van der Waals surface area contributed by atoms with Crippen LogP contribution in [0, 0.1) is 0 Å². The van der Waals surface area contributed by atoms with E-state index in [1.807, 2.05) is 0 Å². The number of halogens is 1. The van der Waals surface area contributed by atoms with Crippen LogP contribution in [0.3, 0.4) is 0 Å². The summed E-state index contributed by atoms with van der Waals surface area (Å²) in [6, 6.07) is 5.15. The molecule has 110 valence electrons. The largest absolute Gasteiger partial charge is 0.393 e. The Morgan fingerprint density at radius 2 is 2.20 bits per heavy atom. The molecule has 1 unspecified atom stereocenters. The van der Waals surface area contributed by atoms with Gasteiger partial charge in [-0.3, -0.25) is 4.40 Å². The lowest BCUT2D eigenvalue weighted by Gasteiger charge is -2.17. The molecule has 0 saturated carbocycles. The van der Waals surface area contributed by atoms with E-state index in [-0.39, 0.29) is 16.7 Å². The van der Waals surface area contributed by atoms with Crippen LogP contribution in [0.5, 0.6) is 0 Å². The van der Waals surface area contributed by atoms with Crippen LogP contribution in [0.2, 0.25) is 5.15 Å². The van der Waals surface area contributed by atoms with Gasteiger partial charge < -0.3 is 5.11 Å². The summed E-state index contributed by atoms with van der Waals surface area (Å²) in [5.74, 6) is 0. The molecular formula is C12H16ClN3O3S. The first-order chi connectivity index (χ1) is 9.34. The van der Waals surface area contributed by atoms with Gasteiger partial charge in [0, 0.05) is 19.8 Å². The number of sulfonamides is 1. The molecule has 8 heteroatoms. The average Bonchev–Trinajstić information content (AvgIpc) is 2.71. The Morgan fingerprint density at radius 3 is 2.85 bits per heavy atom. The number of aliphatic hydroxyl groups excluding tert-OH is 1. The van der Waals surface area contributed by atoms with E-state index < -0.39 is 16.1 Å². The third-order valence-corrected chi connectivity index (χ3v) is 5.22. The lowest BCUT2D eigenvalue weighted by atomic mass is 10.3. The molecule has 2 heterocycles. The van der Waals surface area contributed by atoms with E-state index in [1.165, 1.54) is 15.8 Å². The van der Waals surface area contributed by atoms with Gasteiger partial charge >= 0.3 is 0 Å². The van der Waals surface area contributed by atoms with E-state index in [4.69, 9.17) is 11.6 Å². The minimum Gasteiger partial charge on any atom is -0.393 e. The van der Waals surface area contributed by atoms with Gasteiger partial charge in [-0.15, -0.1) is 0 Å². The molecule has 2 aromatic heterocycles. The lowest BCUT2D eigenvalue weighted by Crippen LogP contribution is -2.30. The van der Waals surface area contributed by atoms with Gasteiger partial charge in [0.05, 0.1) is 6.10 Å². The minimum absolute atomic E-state index is 0.0529. The van der Waals surface area contributed by atoms with Crippen molar-refractivity contribution in [3.8, 4) is 0 Å². The Labute approximate surface area is 122 Å². The first-order valence-corrected chi connectivity index (χ1v) is 7.93. The van der Waals surface area contributed by atoms with Gasteiger partial charge in [-0.2, -0.15) is 4.31 Å². The number of aliphatic hydroxyl groups is 1. The molecule has 0 aliphatic rings. The average molecular weight is 318 g/mol. The summed E-state index contributed by atoms with van der Waals surface area (Å²) in [6.07, 6.45) is 1.39. The molecule has 0 bridgehead atoms. The quantitative estimate of drug-likeness (QED) is 0.904. The molecule has 2 rings (SSSR count). The standard InChI is InChI=1S/C12H16ClN3O3S/c1-9(17)6-8-15(2)20(18,19)12-11(13)14-10-5-3-4-7-16(10)12/h3-5,7,9,17H,6,8H2,1-2H3. The van der Waals surface area contributed by atoms with Crippen LogP contribution in [0.1, 0.15) is 13.3 Å². The van der Waals surface area contributed by atoms with Gasteiger partial charge in [0.25, 0.3) is 10.0 Å². The van der Waals surface area contributed by atoms with Crippen LogP contribution in [-0.2, 0) is 10.0 Å². The Balaban J connectivity index is 2.44. The molecular weight excluding hydrogens is 302 g/mol. The van der Waals surface area contributed by atoms with Crippen molar-refractivity contribution in [3.05, 3.63) is 29.5 Å². The van der Waals surface area contributed by atoms with Crippen LogP contribution < -0.4 is 0 Å². The normalized spacial score (nSPS) is 14.1. The highest BCUT2D eigenvalue weighted by Gasteiger charge is 2.28. The number of aromatic nitrogens is 2. The fourth-order valence-electron chi connectivity index (χ4n) is 1.81. The van der Waals surface area contributed by atoms with E-state index in [0.717, 1.165) is 0 Å². The maximum absolute atomic E-state index is 12.5. The Hall–Kier alpha value is -1.15. The number of nitrogens with zero attached hydrogens (tertiary/aromatic N) is 3. The van der Waals surface area contributed by atoms with Crippen molar-refractivity contribution in [3.63, 3.8) is 0 Å². The Morgan fingerprint density at radius 1 is 1.50 bits per heavy atom. The maximum atomic E-state index is 12.5. The number of rotatable bonds is 5. The van der Waals surface area contributed by atoms with Crippen molar-refractivity contribution in [1.82, 2.24) is 13.7 Å². The van der Waals surface area contributed by atoms with Gasteiger partial charge in [0.1, 0.15) is 5.65 Å². The third kappa shape index (κ3) is 2.80. The summed E-state index contributed by atoms with van der Waals surface area (Å²) in [7, 11) is -2.30. The Bertz CT molecular complexity index is 712. The molecule has 6 nitrogen and oxygen atoms in total. The van der Waals surface area contributed by atoms with Crippen molar-refractivity contribution in [2.45, 2.75) is 24.5 Å². The first-order valence-electron chi connectivity index (χ1n) is 6.11. The van der Waals surface area contributed by atoms with Crippen molar-refractivity contribution in [2.24, 2.45) is 0 Å². The number of imidazole rings is 1. The van der Waals surface area contributed by atoms with Crippen molar-refractivity contribution in [1.29, 1.82) is 0 Å². The van der Waals surface area contributed by atoms with E-state index >= 15 is 0 Å². The monoisotopic (exact) mass is 317 g/mol. The summed E-state index contributed by atoms with van der Waals surface area (Å²) < 4.78 is 27.7. The molecule has 0 aliphatic heterocycles. The molecule has 0 amide bonds. The van der Waals surface area contributed by atoms with E-state index in [1.54, 1.807) is 31.3 Å². The summed E-state index contributed by atoms with van der Waals surface area (Å²) in [6.45, 7) is 1.82. The summed E-state index contributed by atoms with van der Waals surface area (Å²) in [5, 5.41) is 9.15. The molecule has 0 aliphatic carbocycles. The van der Waals surface area contributed by atoms with Crippen molar-refractivity contribution >= 4 is 27.3 Å². The van der Waals surface area contributed by atoms with Crippen molar-refractivity contribution < 1.29 is 13.5 Å². The Kier molecular flexibility index (Phi) is 4.33. The van der Waals surface area contributed by atoms with Crippen LogP contribution in [0.25, 0.3) is 5.65 Å². The van der Waals surface area contributed by atoms with E-state index in [2.05, 4.69) is 4.98 Å². The fourth-order valence-corrected chi connectivity index (χ4v) is 3.58. The summed E-state index contributed by atoms with van der Waals surface area (Å²) >= 11 is 5.97. The second kappa shape index (κ2) is 5.69. The zero-order chi connectivity index (χ0) is 14.9. The highest BCUT2D eigenvalue weighted by atomic mass is 35.5. The molecule has 20 heavy (non-hydrogen) atoms. The smallest absolute Gasteiger partial charge is 0.262 e.